The zero-order valence-electron chi connectivity index (χ0n) is 14.5. The molecule has 0 bridgehead atoms. The quantitative estimate of drug-likeness (QED) is 0.785. The molecule has 1 fully saturated rings. The molecule has 0 aromatic heterocycles. The van der Waals surface area contributed by atoms with Crippen LogP contribution in [-0.2, 0) is 22.7 Å². The molecule has 2 atom stereocenters. The summed E-state index contributed by atoms with van der Waals surface area (Å²) < 4.78 is 5.11. The van der Waals surface area contributed by atoms with Gasteiger partial charge in [0.25, 0.3) is 0 Å². The minimum Gasteiger partial charge on any atom is -0.497 e. The Hall–Kier alpha value is -2.53. The van der Waals surface area contributed by atoms with Crippen LogP contribution in [0, 0.1) is 11.8 Å². The maximum absolute atomic E-state index is 12.2. The van der Waals surface area contributed by atoms with Crippen LogP contribution in [0.5, 0.6) is 5.75 Å². The first kappa shape index (κ1) is 18.3. The van der Waals surface area contributed by atoms with Crippen LogP contribution < -0.4 is 15.4 Å². The molecule has 0 radical (unpaired) electrons. The second-order valence-corrected chi connectivity index (χ2v) is 6.80. The predicted molar refractivity (Wildman–Crippen MR) is 99.7 cm³/mol. The maximum atomic E-state index is 12.2. The summed E-state index contributed by atoms with van der Waals surface area (Å²) in [6.07, 6.45) is 0.598. The number of hydrogen-bond acceptors (Lipinski definition) is 3. The Morgan fingerprint density at radius 2 is 1.38 bits per heavy atom. The third-order valence-electron chi connectivity index (χ3n) is 4.47. The van der Waals surface area contributed by atoms with Crippen LogP contribution in [0.3, 0.4) is 0 Å². The lowest BCUT2D eigenvalue weighted by atomic mass is 10.2. The molecule has 3 rings (SSSR count). The number of ether oxygens (including phenoxy) is 1. The average molecular weight is 373 g/mol. The molecule has 2 aromatic carbocycles. The van der Waals surface area contributed by atoms with Gasteiger partial charge in [-0.25, -0.2) is 0 Å². The molecule has 2 amide bonds. The van der Waals surface area contributed by atoms with E-state index in [4.69, 9.17) is 16.3 Å². The molecule has 1 saturated carbocycles. The van der Waals surface area contributed by atoms with Gasteiger partial charge >= 0.3 is 0 Å². The van der Waals surface area contributed by atoms with Crippen molar-refractivity contribution in [1.82, 2.24) is 10.6 Å². The van der Waals surface area contributed by atoms with E-state index in [9.17, 15) is 9.59 Å². The van der Waals surface area contributed by atoms with E-state index in [0.29, 0.717) is 24.5 Å². The zero-order valence-corrected chi connectivity index (χ0v) is 15.3. The molecule has 0 saturated heterocycles. The Kier molecular flexibility index (Phi) is 5.78. The molecule has 5 nitrogen and oxygen atoms in total. The fraction of sp³-hybridized carbons (Fsp3) is 0.300. The zero-order chi connectivity index (χ0) is 18.5. The number of amides is 2. The molecule has 6 heteroatoms. The van der Waals surface area contributed by atoms with Gasteiger partial charge in [-0.05, 0) is 41.8 Å². The van der Waals surface area contributed by atoms with Crippen molar-refractivity contribution in [1.29, 1.82) is 0 Å². The second kappa shape index (κ2) is 8.23. The molecular formula is C20H21ClN2O3. The SMILES string of the molecule is COc1ccc(CNC(=O)C2CC2C(=O)NCc2ccc(Cl)cc2)cc1. The molecule has 2 unspecified atom stereocenters. The molecule has 0 heterocycles. The van der Waals surface area contributed by atoms with Crippen LogP contribution in [0.2, 0.25) is 5.02 Å². The Morgan fingerprint density at radius 1 is 0.923 bits per heavy atom. The van der Waals surface area contributed by atoms with Crippen molar-refractivity contribution < 1.29 is 14.3 Å². The van der Waals surface area contributed by atoms with Gasteiger partial charge in [-0.3, -0.25) is 9.59 Å². The molecule has 2 aromatic rings. The summed E-state index contributed by atoms with van der Waals surface area (Å²) >= 11 is 5.84. The van der Waals surface area contributed by atoms with Gasteiger partial charge < -0.3 is 15.4 Å². The van der Waals surface area contributed by atoms with Crippen molar-refractivity contribution in [2.75, 3.05) is 7.11 Å². The van der Waals surface area contributed by atoms with Crippen molar-refractivity contribution >= 4 is 23.4 Å². The smallest absolute Gasteiger partial charge is 0.224 e. The highest BCUT2D eigenvalue weighted by Crippen LogP contribution is 2.38. The van der Waals surface area contributed by atoms with Gasteiger partial charge in [0.15, 0.2) is 0 Å². The number of carbonyl (C=O) groups is 2. The number of halogens is 1. The van der Waals surface area contributed by atoms with Crippen LogP contribution in [0.1, 0.15) is 17.5 Å². The van der Waals surface area contributed by atoms with Gasteiger partial charge in [0, 0.05) is 18.1 Å². The van der Waals surface area contributed by atoms with Crippen LogP contribution in [-0.4, -0.2) is 18.9 Å². The Balaban J connectivity index is 1.41. The van der Waals surface area contributed by atoms with E-state index in [1.807, 2.05) is 36.4 Å². The first-order chi connectivity index (χ1) is 12.6. The highest BCUT2D eigenvalue weighted by molar-refractivity contribution is 6.30. The minimum absolute atomic E-state index is 0.0764. The topological polar surface area (TPSA) is 67.4 Å². The van der Waals surface area contributed by atoms with Gasteiger partial charge in [0.2, 0.25) is 11.8 Å². The lowest BCUT2D eigenvalue weighted by Crippen LogP contribution is -2.29. The number of rotatable bonds is 7. The van der Waals surface area contributed by atoms with Gasteiger partial charge in [-0.15, -0.1) is 0 Å². The summed E-state index contributed by atoms with van der Waals surface area (Å²) in [6.45, 7) is 0.880. The van der Waals surface area contributed by atoms with E-state index in [0.717, 1.165) is 16.9 Å². The fourth-order valence-electron chi connectivity index (χ4n) is 2.76. The van der Waals surface area contributed by atoms with Crippen LogP contribution in [0.4, 0.5) is 0 Å². The monoisotopic (exact) mass is 372 g/mol. The third-order valence-corrected chi connectivity index (χ3v) is 4.72. The third kappa shape index (κ3) is 4.76. The van der Waals surface area contributed by atoms with E-state index in [1.165, 1.54) is 0 Å². The Bertz CT molecular complexity index is 775. The highest BCUT2D eigenvalue weighted by atomic mass is 35.5. The first-order valence-electron chi connectivity index (χ1n) is 8.49. The van der Waals surface area contributed by atoms with Crippen LogP contribution in [0.25, 0.3) is 0 Å². The minimum atomic E-state index is -0.238. The average Bonchev–Trinajstić information content (AvgIpc) is 3.47. The van der Waals surface area contributed by atoms with Gasteiger partial charge in [0.1, 0.15) is 5.75 Å². The van der Waals surface area contributed by atoms with Gasteiger partial charge in [0.05, 0.1) is 18.9 Å². The Morgan fingerprint density at radius 3 is 1.85 bits per heavy atom. The number of nitrogens with one attached hydrogen (secondary N) is 2. The molecule has 0 spiro atoms. The molecule has 1 aliphatic rings. The molecule has 136 valence electrons. The van der Waals surface area contributed by atoms with Crippen molar-refractivity contribution in [3.63, 3.8) is 0 Å². The predicted octanol–water partition coefficient (Wildman–Crippen LogP) is 2.92. The van der Waals surface area contributed by atoms with E-state index in [-0.39, 0.29) is 23.7 Å². The van der Waals surface area contributed by atoms with Crippen molar-refractivity contribution in [3.8, 4) is 5.75 Å². The summed E-state index contributed by atoms with van der Waals surface area (Å²) in [4.78, 5) is 24.4. The van der Waals surface area contributed by atoms with E-state index in [2.05, 4.69) is 10.6 Å². The lowest BCUT2D eigenvalue weighted by molar-refractivity contribution is -0.127. The van der Waals surface area contributed by atoms with Crippen molar-refractivity contribution in [3.05, 3.63) is 64.7 Å². The number of hydrogen-bond donors (Lipinski definition) is 2. The maximum Gasteiger partial charge on any atom is 0.224 e. The van der Waals surface area contributed by atoms with Crippen LogP contribution in [0.15, 0.2) is 48.5 Å². The number of benzene rings is 2. The van der Waals surface area contributed by atoms with Gasteiger partial charge in [-0.1, -0.05) is 35.9 Å². The first-order valence-corrected chi connectivity index (χ1v) is 8.87. The summed E-state index contributed by atoms with van der Waals surface area (Å²) in [6, 6.07) is 14.8. The van der Waals surface area contributed by atoms with Crippen LogP contribution >= 0.6 is 11.6 Å². The molecule has 2 N–H and O–H groups in total. The molecular weight excluding hydrogens is 352 g/mol. The molecule has 1 aliphatic carbocycles. The molecule has 26 heavy (non-hydrogen) atoms. The van der Waals surface area contributed by atoms with Crippen molar-refractivity contribution in [2.45, 2.75) is 19.5 Å². The summed E-state index contributed by atoms with van der Waals surface area (Å²) in [5.41, 5.74) is 1.97. The number of carbonyl (C=O) groups excluding carboxylic acids is 2. The van der Waals surface area contributed by atoms with E-state index in [1.54, 1.807) is 19.2 Å². The second-order valence-electron chi connectivity index (χ2n) is 6.36. The normalized spacial score (nSPS) is 18.1. The lowest BCUT2D eigenvalue weighted by Gasteiger charge is -2.07. The Labute approximate surface area is 157 Å². The van der Waals surface area contributed by atoms with Crippen molar-refractivity contribution in [2.24, 2.45) is 11.8 Å². The van der Waals surface area contributed by atoms with E-state index >= 15 is 0 Å². The summed E-state index contributed by atoms with van der Waals surface area (Å²) in [7, 11) is 1.61. The molecule has 0 aliphatic heterocycles. The largest absolute Gasteiger partial charge is 0.497 e. The fourth-order valence-corrected chi connectivity index (χ4v) is 2.89. The number of methoxy groups -OCH3 is 1. The highest BCUT2D eigenvalue weighted by Gasteiger charge is 2.47. The van der Waals surface area contributed by atoms with Gasteiger partial charge in [-0.2, -0.15) is 0 Å². The standard InChI is InChI=1S/C20H21ClN2O3/c1-26-16-8-4-14(5-9-16)12-23-20(25)18-10-17(18)19(24)22-11-13-2-6-15(21)7-3-13/h2-9,17-18H,10-12H2,1H3,(H,22,24)(H,23,25). The summed E-state index contributed by atoms with van der Waals surface area (Å²) in [5.74, 6) is 0.147. The summed E-state index contributed by atoms with van der Waals surface area (Å²) in [5, 5.41) is 6.43. The van der Waals surface area contributed by atoms with E-state index < -0.39 is 0 Å².